The highest BCUT2D eigenvalue weighted by molar-refractivity contribution is 5.45. The number of allylic oxidation sites excluding steroid dienone is 3. The van der Waals surface area contributed by atoms with E-state index in [4.69, 9.17) is 0 Å². The Labute approximate surface area is 124 Å². The van der Waals surface area contributed by atoms with Crippen molar-refractivity contribution >= 4 is 5.69 Å². The van der Waals surface area contributed by atoms with Gasteiger partial charge in [-0.05, 0) is 30.1 Å². The minimum Gasteiger partial charge on any atom is -0.396 e. The fourth-order valence-electron chi connectivity index (χ4n) is 4.12. The molecule has 0 aliphatic heterocycles. The van der Waals surface area contributed by atoms with Crippen LogP contribution in [-0.4, -0.2) is 16.6 Å². The van der Waals surface area contributed by atoms with Crippen molar-refractivity contribution in [1.29, 1.82) is 0 Å². The number of aliphatic hydroxyl groups is 1. The number of hydrogen-bond acceptors (Lipinski definition) is 3. The summed E-state index contributed by atoms with van der Waals surface area (Å²) in [4.78, 5) is 11.0. The molecule has 1 aromatic rings. The van der Waals surface area contributed by atoms with Gasteiger partial charge in [-0.3, -0.25) is 10.1 Å². The van der Waals surface area contributed by atoms with Gasteiger partial charge in [-0.1, -0.05) is 36.4 Å². The van der Waals surface area contributed by atoms with E-state index >= 15 is 0 Å². The van der Waals surface area contributed by atoms with Gasteiger partial charge in [0.15, 0.2) is 0 Å². The van der Waals surface area contributed by atoms with Gasteiger partial charge in [0.05, 0.1) is 4.92 Å². The molecule has 3 rings (SSSR count). The minimum atomic E-state index is -0.309. The monoisotopic (exact) mass is 285 g/mol. The molecule has 4 heteroatoms. The zero-order chi connectivity index (χ0) is 15.0. The van der Waals surface area contributed by atoms with Crippen molar-refractivity contribution in [2.24, 2.45) is 23.7 Å². The molecule has 0 heterocycles. The number of nitro benzene ring substituents is 1. The number of nitro groups is 1. The predicted octanol–water partition coefficient (Wildman–Crippen LogP) is 3.30. The van der Waals surface area contributed by atoms with E-state index in [2.05, 4.69) is 18.7 Å². The molecule has 5 atom stereocenters. The van der Waals surface area contributed by atoms with Gasteiger partial charge in [0, 0.05) is 24.2 Å². The van der Waals surface area contributed by atoms with E-state index in [1.54, 1.807) is 12.1 Å². The van der Waals surface area contributed by atoms with Gasteiger partial charge in [0.2, 0.25) is 0 Å². The quantitative estimate of drug-likeness (QED) is 0.524. The van der Waals surface area contributed by atoms with Crippen LogP contribution in [0.15, 0.2) is 49.1 Å². The summed E-state index contributed by atoms with van der Waals surface area (Å²) in [7, 11) is 0. The van der Waals surface area contributed by atoms with Crippen LogP contribution in [0.3, 0.4) is 0 Å². The van der Waals surface area contributed by atoms with Crippen molar-refractivity contribution in [1.82, 2.24) is 0 Å². The molecule has 1 unspecified atom stereocenters. The lowest BCUT2D eigenvalue weighted by molar-refractivity contribution is -0.385. The molecule has 0 saturated heterocycles. The highest BCUT2D eigenvalue weighted by Gasteiger charge is 2.46. The van der Waals surface area contributed by atoms with E-state index in [9.17, 15) is 15.2 Å². The van der Waals surface area contributed by atoms with E-state index < -0.39 is 0 Å². The lowest BCUT2D eigenvalue weighted by Gasteiger charge is -2.30. The molecule has 2 bridgehead atoms. The Morgan fingerprint density at radius 3 is 2.81 bits per heavy atom. The molecule has 110 valence electrons. The van der Waals surface area contributed by atoms with E-state index in [0.717, 1.165) is 12.0 Å². The molecule has 4 nitrogen and oxygen atoms in total. The largest absolute Gasteiger partial charge is 0.396 e. The Kier molecular flexibility index (Phi) is 3.64. The average Bonchev–Trinajstić information content (AvgIpc) is 2.75. The van der Waals surface area contributed by atoms with Gasteiger partial charge < -0.3 is 5.11 Å². The molecule has 21 heavy (non-hydrogen) atoms. The van der Waals surface area contributed by atoms with Gasteiger partial charge in [-0.25, -0.2) is 0 Å². The van der Waals surface area contributed by atoms with E-state index in [1.165, 1.54) is 0 Å². The highest BCUT2D eigenvalue weighted by Crippen LogP contribution is 2.53. The summed E-state index contributed by atoms with van der Waals surface area (Å²) in [5, 5.41) is 20.8. The molecule has 0 amide bonds. The van der Waals surface area contributed by atoms with E-state index in [-0.39, 0.29) is 40.9 Å². The lowest BCUT2D eigenvalue weighted by Crippen LogP contribution is -2.23. The second-order valence-electron chi connectivity index (χ2n) is 5.96. The van der Waals surface area contributed by atoms with Crippen LogP contribution in [0, 0.1) is 33.8 Å². The molecule has 1 aromatic carbocycles. The normalized spacial score (nSPS) is 33.9. The van der Waals surface area contributed by atoms with E-state index in [0.29, 0.717) is 5.92 Å². The molecule has 2 aliphatic rings. The Morgan fingerprint density at radius 1 is 1.38 bits per heavy atom. The minimum absolute atomic E-state index is 0.0300. The number of hydrogen-bond donors (Lipinski definition) is 1. The van der Waals surface area contributed by atoms with Crippen LogP contribution in [0.2, 0.25) is 0 Å². The number of benzene rings is 1. The van der Waals surface area contributed by atoms with Crippen LogP contribution in [0.5, 0.6) is 0 Å². The Balaban J connectivity index is 2.02. The fraction of sp³-hybridized carbons (Fsp3) is 0.412. The third-order valence-electron chi connectivity index (χ3n) is 5.06. The van der Waals surface area contributed by atoms with Crippen molar-refractivity contribution in [3.8, 4) is 0 Å². The zero-order valence-electron chi connectivity index (χ0n) is 11.8. The Hall–Kier alpha value is -1.94. The van der Waals surface area contributed by atoms with Crippen molar-refractivity contribution in [2.45, 2.75) is 12.3 Å². The molecule has 0 spiro atoms. The highest BCUT2D eigenvalue weighted by atomic mass is 16.6. The van der Waals surface area contributed by atoms with E-state index in [1.807, 2.05) is 18.2 Å². The van der Waals surface area contributed by atoms with Gasteiger partial charge in [-0.2, -0.15) is 0 Å². The van der Waals surface area contributed by atoms with Gasteiger partial charge >= 0.3 is 0 Å². The summed E-state index contributed by atoms with van der Waals surface area (Å²) in [6, 6.07) is 6.97. The SMILES string of the molecule is C=CC1[C@@H]2C=C[C@H](c3ccccc3[N+](=O)[O-])[C@H]1C[C@H]2CO. The van der Waals surface area contributed by atoms with Crippen LogP contribution in [0.1, 0.15) is 17.9 Å². The topological polar surface area (TPSA) is 63.4 Å². The second kappa shape index (κ2) is 5.45. The number of nitrogens with zero attached hydrogens (tertiary/aromatic N) is 1. The van der Waals surface area contributed by atoms with Crippen LogP contribution in [-0.2, 0) is 0 Å². The smallest absolute Gasteiger partial charge is 0.273 e. The molecule has 1 saturated carbocycles. The van der Waals surface area contributed by atoms with Crippen LogP contribution in [0.4, 0.5) is 5.69 Å². The maximum Gasteiger partial charge on any atom is 0.273 e. The summed E-state index contributed by atoms with van der Waals surface area (Å²) < 4.78 is 0. The summed E-state index contributed by atoms with van der Waals surface area (Å²) in [6.07, 6.45) is 7.06. The maximum absolute atomic E-state index is 11.3. The van der Waals surface area contributed by atoms with Gasteiger partial charge in [-0.15, -0.1) is 6.58 Å². The molecule has 2 aliphatic carbocycles. The first-order chi connectivity index (χ1) is 10.2. The standard InChI is InChI=1S/C17H19NO3/c1-2-12-13-7-8-14(16(12)9-11(13)10-19)15-5-3-4-6-17(15)18(20)21/h2-8,11-14,16,19H,1,9-10H2/t11-,12?,13+,14+,16-/m0/s1. The summed E-state index contributed by atoms with van der Waals surface area (Å²) >= 11 is 0. The van der Waals surface area contributed by atoms with Gasteiger partial charge in [0.25, 0.3) is 5.69 Å². The zero-order valence-corrected chi connectivity index (χ0v) is 11.8. The second-order valence-corrected chi connectivity index (χ2v) is 5.96. The Morgan fingerprint density at radius 2 is 2.14 bits per heavy atom. The number of aliphatic hydroxyl groups excluding tert-OH is 1. The Bertz CT molecular complexity index is 595. The predicted molar refractivity (Wildman–Crippen MR) is 80.8 cm³/mol. The fourth-order valence-corrected chi connectivity index (χ4v) is 4.12. The van der Waals surface area contributed by atoms with Crippen LogP contribution >= 0.6 is 0 Å². The van der Waals surface area contributed by atoms with Crippen LogP contribution < -0.4 is 0 Å². The summed E-state index contributed by atoms with van der Waals surface area (Å²) in [5.74, 6) is 1.16. The number of fused-ring (bicyclic) bond motifs is 2. The molecule has 1 N–H and O–H groups in total. The maximum atomic E-state index is 11.3. The first-order valence-corrected chi connectivity index (χ1v) is 7.32. The molecule has 0 radical (unpaired) electrons. The van der Waals surface area contributed by atoms with Crippen molar-refractivity contribution in [2.75, 3.05) is 6.61 Å². The number of para-hydroxylation sites is 1. The van der Waals surface area contributed by atoms with Crippen molar-refractivity contribution < 1.29 is 10.0 Å². The third kappa shape index (κ3) is 2.20. The summed E-state index contributed by atoms with van der Waals surface area (Å²) in [6.45, 7) is 4.10. The molecule has 0 aromatic heterocycles. The molecular weight excluding hydrogens is 266 g/mol. The third-order valence-corrected chi connectivity index (χ3v) is 5.06. The first-order valence-electron chi connectivity index (χ1n) is 7.32. The van der Waals surface area contributed by atoms with Gasteiger partial charge in [0.1, 0.15) is 0 Å². The van der Waals surface area contributed by atoms with Crippen molar-refractivity contribution in [3.05, 3.63) is 64.8 Å². The molecular formula is C17H19NO3. The lowest BCUT2D eigenvalue weighted by atomic mass is 9.73. The molecule has 1 fully saturated rings. The van der Waals surface area contributed by atoms with Crippen molar-refractivity contribution in [3.63, 3.8) is 0 Å². The average molecular weight is 285 g/mol. The number of rotatable bonds is 4. The summed E-state index contributed by atoms with van der Waals surface area (Å²) in [5.41, 5.74) is 0.952. The van der Waals surface area contributed by atoms with Crippen LogP contribution in [0.25, 0.3) is 0 Å². The first kappa shape index (κ1) is 14.0.